The molecule has 13 heavy (non-hydrogen) atoms. The zero-order chi connectivity index (χ0) is 9.90. The molecule has 1 unspecified atom stereocenters. The monoisotopic (exact) mass is 218 g/mol. The summed E-state index contributed by atoms with van der Waals surface area (Å²) in [6, 6.07) is 1.52. The second-order valence-corrected chi connectivity index (χ2v) is 4.99. The average molecular weight is 218 g/mol. The molecular formula is C7H10N2O2S2. The lowest BCUT2D eigenvalue weighted by Gasteiger charge is -2.08. The summed E-state index contributed by atoms with van der Waals surface area (Å²) in [6.07, 6.45) is 1.64. The van der Waals surface area contributed by atoms with E-state index in [2.05, 4.69) is 15.7 Å². The van der Waals surface area contributed by atoms with E-state index in [4.69, 9.17) is 0 Å². The van der Waals surface area contributed by atoms with Gasteiger partial charge in [0.2, 0.25) is 10.0 Å². The fraction of sp³-hybridized carbons (Fsp3) is 0.286. The molecule has 1 N–H and O–H groups in total. The zero-order valence-electron chi connectivity index (χ0n) is 7.10. The molecule has 0 saturated carbocycles. The third-order valence-corrected chi connectivity index (χ3v) is 3.49. The lowest BCUT2D eigenvalue weighted by molar-refractivity contribution is 0.578. The van der Waals surface area contributed by atoms with E-state index < -0.39 is 10.0 Å². The molecule has 1 aromatic rings. The average Bonchev–Trinajstić information content (AvgIpc) is 2.55. The molecule has 0 bridgehead atoms. The van der Waals surface area contributed by atoms with Crippen molar-refractivity contribution >= 4 is 21.6 Å². The van der Waals surface area contributed by atoms with Gasteiger partial charge in [0.1, 0.15) is 0 Å². The molecule has 6 heteroatoms. The summed E-state index contributed by atoms with van der Waals surface area (Å²) < 4.78 is 28.4. The molecule has 0 saturated heterocycles. The number of rotatable bonds is 4. The van der Waals surface area contributed by atoms with E-state index in [0.29, 0.717) is 0 Å². The number of sulfonamides is 1. The third kappa shape index (κ3) is 2.91. The maximum Gasteiger partial charge on any atom is 0.233 e. The van der Waals surface area contributed by atoms with Crippen LogP contribution in [-0.2, 0) is 10.0 Å². The summed E-state index contributed by atoms with van der Waals surface area (Å²) in [6.45, 7) is 4.96. The minimum absolute atomic E-state index is 0.254. The smallest absolute Gasteiger partial charge is 0.208 e. The Morgan fingerprint density at radius 3 is 2.92 bits per heavy atom. The van der Waals surface area contributed by atoms with Gasteiger partial charge in [-0.1, -0.05) is 6.58 Å². The van der Waals surface area contributed by atoms with Gasteiger partial charge in [-0.05, 0) is 24.5 Å². The van der Waals surface area contributed by atoms with E-state index in [1.54, 1.807) is 19.2 Å². The lowest BCUT2D eigenvalue weighted by Crippen LogP contribution is -2.23. The van der Waals surface area contributed by atoms with Crippen molar-refractivity contribution in [3.8, 4) is 0 Å². The van der Waals surface area contributed by atoms with Crippen LogP contribution in [0.2, 0.25) is 0 Å². The van der Waals surface area contributed by atoms with Crippen LogP contribution in [0.4, 0.5) is 0 Å². The van der Waals surface area contributed by atoms with Crippen molar-refractivity contribution in [2.45, 2.75) is 13.0 Å². The minimum Gasteiger partial charge on any atom is -0.208 e. The minimum atomic E-state index is -3.35. The van der Waals surface area contributed by atoms with Crippen LogP contribution in [0.1, 0.15) is 17.8 Å². The first-order chi connectivity index (χ1) is 6.05. The van der Waals surface area contributed by atoms with E-state index in [1.807, 2.05) is 0 Å². The van der Waals surface area contributed by atoms with E-state index in [9.17, 15) is 8.42 Å². The second-order valence-electron chi connectivity index (χ2n) is 2.47. The standard InChI is InChI=1S/C7H10N2O2S2/c1-3-13(10,11)9-6(2)7-4-5-8-12-7/h3-6,9H,1H2,2H3. The molecule has 72 valence electrons. The Bertz CT molecular complexity index is 369. The van der Waals surface area contributed by atoms with Gasteiger partial charge in [-0.3, -0.25) is 0 Å². The van der Waals surface area contributed by atoms with Gasteiger partial charge >= 0.3 is 0 Å². The van der Waals surface area contributed by atoms with Gasteiger partial charge in [0.15, 0.2) is 0 Å². The maximum absolute atomic E-state index is 11.1. The molecule has 0 spiro atoms. The highest BCUT2D eigenvalue weighted by molar-refractivity contribution is 7.92. The Hall–Kier alpha value is -0.720. The van der Waals surface area contributed by atoms with Crippen LogP contribution in [0.15, 0.2) is 24.3 Å². The SMILES string of the molecule is C=CS(=O)(=O)NC(C)c1ccns1. The van der Waals surface area contributed by atoms with E-state index >= 15 is 0 Å². The van der Waals surface area contributed by atoms with Crippen LogP contribution in [0.5, 0.6) is 0 Å². The van der Waals surface area contributed by atoms with Crippen molar-refractivity contribution in [3.05, 3.63) is 29.1 Å². The highest BCUT2D eigenvalue weighted by atomic mass is 32.2. The van der Waals surface area contributed by atoms with Gasteiger partial charge in [-0.25, -0.2) is 17.5 Å². The quantitative estimate of drug-likeness (QED) is 0.827. The normalized spacial score (nSPS) is 13.9. The van der Waals surface area contributed by atoms with Crippen molar-refractivity contribution in [3.63, 3.8) is 0 Å². The largest absolute Gasteiger partial charge is 0.233 e. The van der Waals surface area contributed by atoms with E-state index in [-0.39, 0.29) is 6.04 Å². The summed E-state index contributed by atoms with van der Waals surface area (Å²) >= 11 is 1.27. The zero-order valence-corrected chi connectivity index (χ0v) is 8.73. The predicted octanol–water partition coefficient (Wildman–Crippen LogP) is 1.27. The van der Waals surface area contributed by atoms with Crippen molar-refractivity contribution < 1.29 is 8.42 Å². The number of aromatic nitrogens is 1. The van der Waals surface area contributed by atoms with Crippen LogP contribution >= 0.6 is 11.5 Å². The second kappa shape index (κ2) is 3.99. The fourth-order valence-electron chi connectivity index (χ4n) is 0.802. The molecule has 1 atom stereocenters. The highest BCUT2D eigenvalue weighted by Gasteiger charge is 2.12. The van der Waals surface area contributed by atoms with E-state index in [0.717, 1.165) is 10.3 Å². The first-order valence-electron chi connectivity index (χ1n) is 3.60. The van der Waals surface area contributed by atoms with Gasteiger partial charge in [0, 0.05) is 16.5 Å². The number of nitrogens with zero attached hydrogens (tertiary/aromatic N) is 1. The summed E-state index contributed by atoms with van der Waals surface area (Å²) in [5, 5.41) is 0.893. The van der Waals surface area contributed by atoms with Crippen molar-refractivity contribution in [2.24, 2.45) is 0 Å². The molecular weight excluding hydrogens is 208 g/mol. The molecule has 0 aromatic carbocycles. The maximum atomic E-state index is 11.1. The number of hydrogen-bond donors (Lipinski definition) is 1. The first-order valence-corrected chi connectivity index (χ1v) is 5.92. The summed E-state index contributed by atoms with van der Waals surface area (Å²) in [5.74, 6) is 0. The van der Waals surface area contributed by atoms with E-state index in [1.165, 1.54) is 11.5 Å². The van der Waals surface area contributed by atoms with Crippen molar-refractivity contribution in [1.29, 1.82) is 0 Å². The predicted molar refractivity (Wildman–Crippen MR) is 52.8 cm³/mol. The molecule has 0 aliphatic heterocycles. The van der Waals surface area contributed by atoms with Crippen LogP contribution in [0, 0.1) is 0 Å². The third-order valence-electron chi connectivity index (χ3n) is 1.45. The Kier molecular flexibility index (Phi) is 3.18. The molecule has 0 amide bonds. The van der Waals surface area contributed by atoms with Crippen LogP contribution in [0.3, 0.4) is 0 Å². The molecule has 0 aliphatic rings. The molecule has 0 fully saturated rings. The van der Waals surface area contributed by atoms with Gasteiger partial charge in [0.25, 0.3) is 0 Å². The fourth-order valence-corrected chi connectivity index (χ4v) is 2.17. The molecule has 1 heterocycles. The number of nitrogens with one attached hydrogen (secondary N) is 1. The topological polar surface area (TPSA) is 59.1 Å². The van der Waals surface area contributed by atoms with Gasteiger partial charge < -0.3 is 0 Å². The van der Waals surface area contributed by atoms with Crippen LogP contribution < -0.4 is 4.72 Å². The molecule has 0 radical (unpaired) electrons. The van der Waals surface area contributed by atoms with Gasteiger partial charge in [-0.15, -0.1) is 0 Å². The Labute approximate surface area is 81.5 Å². The number of hydrogen-bond acceptors (Lipinski definition) is 4. The van der Waals surface area contributed by atoms with Crippen molar-refractivity contribution in [2.75, 3.05) is 0 Å². The summed E-state index contributed by atoms with van der Waals surface area (Å²) in [7, 11) is -3.35. The molecule has 1 aromatic heterocycles. The van der Waals surface area contributed by atoms with Crippen molar-refractivity contribution in [1.82, 2.24) is 9.10 Å². The van der Waals surface area contributed by atoms with Crippen LogP contribution in [-0.4, -0.2) is 12.8 Å². The Morgan fingerprint density at radius 1 is 1.77 bits per heavy atom. The highest BCUT2D eigenvalue weighted by Crippen LogP contribution is 2.16. The Balaban J connectivity index is 2.72. The van der Waals surface area contributed by atoms with Gasteiger partial charge in [-0.2, -0.15) is 0 Å². The molecule has 0 aliphatic carbocycles. The Morgan fingerprint density at radius 2 is 2.46 bits per heavy atom. The molecule has 4 nitrogen and oxygen atoms in total. The molecule has 1 rings (SSSR count). The summed E-state index contributed by atoms with van der Waals surface area (Å²) in [5.41, 5.74) is 0. The van der Waals surface area contributed by atoms with Crippen LogP contribution in [0.25, 0.3) is 0 Å². The summed E-state index contributed by atoms with van der Waals surface area (Å²) in [4.78, 5) is 0.880. The van der Waals surface area contributed by atoms with Gasteiger partial charge in [0.05, 0.1) is 6.04 Å². The lowest BCUT2D eigenvalue weighted by atomic mass is 10.3. The first kappa shape index (κ1) is 10.4.